The summed E-state index contributed by atoms with van der Waals surface area (Å²) in [5.74, 6) is 0.739. The van der Waals surface area contributed by atoms with Crippen LogP contribution in [0.25, 0.3) is 0 Å². The SMILES string of the molecule is CC[C@@]12CS[C@@H]([C@H](n3cc(C)c(=O)[nH]c3=O)O1)[C@@H]2O. The van der Waals surface area contributed by atoms with Gasteiger partial charge in [-0.1, -0.05) is 6.92 Å². The molecule has 0 unspecified atom stereocenters. The van der Waals surface area contributed by atoms with Gasteiger partial charge < -0.3 is 9.84 Å². The monoisotopic (exact) mass is 284 g/mol. The first-order chi connectivity index (χ1) is 8.98. The molecule has 0 amide bonds. The molecular formula is C12H16N2O4S. The number of hydrogen-bond donors (Lipinski definition) is 2. The molecule has 0 aromatic carbocycles. The topological polar surface area (TPSA) is 84.3 Å². The summed E-state index contributed by atoms with van der Waals surface area (Å²) in [6.45, 7) is 3.61. The van der Waals surface area contributed by atoms with Crippen molar-refractivity contribution < 1.29 is 9.84 Å². The van der Waals surface area contributed by atoms with E-state index in [1.165, 1.54) is 10.8 Å². The number of aromatic nitrogens is 2. The van der Waals surface area contributed by atoms with Gasteiger partial charge in [0.15, 0.2) is 6.23 Å². The maximum absolute atomic E-state index is 11.9. The lowest BCUT2D eigenvalue weighted by molar-refractivity contribution is -0.0914. The zero-order valence-electron chi connectivity index (χ0n) is 10.8. The first kappa shape index (κ1) is 13.0. The van der Waals surface area contributed by atoms with Crippen LogP contribution < -0.4 is 11.2 Å². The second-order valence-electron chi connectivity index (χ2n) is 5.13. The maximum atomic E-state index is 11.9. The minimum absolute atomic E-state index is 0.164. The molecule has 3 rings (SSSR count). The Bertz CT molecular complexity index is 625. The number of H-pyrrole nitrogens is 1. The molecule has 6 nitrogen and oxygen atoms in total. The quantitative estimate of drug-likeness (QED) is 0.798. The van der Waals surface area contributed by atoms with Gasteiger partial charge in [-0.3, -0.25) is 14.3 Å². The van der Waals surface area contributed by atoms with Gasteiger partial charge in [0.1, 0.15) is 11.7 Å². The van der Waals surface area contributed by atoms with E-state index < -0.39 is 23.6 Å². The highest BCUT2D eigenvalue weighted by Gasteiger charge is 2.59. The van der Waals surface area contributed by atoms with Crippen molar-refractivity contribution in [1.82, 2.24) is 9.55 Å². The van der Waals surface area contributed by atoms with E-state index in [-0.39, 0.29) is 10.8 Å². The summed E-state index contributed by atoms with van der Waals surface area (Å²) >= 11 is 1.62. The van der Waals surface area contributed by atoms with E-state index in [1.54, 1.807) is 18.7 Å². The zero-order valence-corrected chi connectivity index (χ0v) is 11.6. The van der Waals surface area contributed by atoms with Crippen molar-refractivity contribution in [2.45, 2.75) is 43.5 Å². The highest BCUT2D eigenvalue weighted by Crippen LogP contribution is 2.52. The van der Waals surface area contributed by atoms with Gasteiger partial charge in [0, 0.05) is 17.5 Å². The second-order valence-corrected chi connectivity index (χ2v) is 6.29. The van der Waals surface area contributed by atoms with E-state index in [0.717, 1.165) is 5.75 Å². The lowest BCUT2D eigenvalue weighted by Gasteiger charge is -2.30. The predicted molar refractivity (Wildman–Crippen MR) is 71.5 cm³/mol. The van der Waals surface area contributed by atoms with Crippen LogP contribution in [0, 0.1) is 6.92 Å². The lowest BCUT2D eigenvalue weighted by Crippen LogP contribution is -2.40. The average Bonchev–Trinajstić information content (AvgIpc) is 2.85. The third-order valence-electron chi connectivity index (χ3n) is 4.03. The Balaban J connectivity index is 2.04. The normalized spacial score (nSPS) is 36.9. The molecule has 0 aliphatic carbocycles. The first-order valence-corrected chi connectivity index (χ1v) is 7.33. The van der Waals surface area contributed by atoms with Gasteiger partial charge in [-0.2, -0.15) is 0 Å². The average molecular weight is 284 g/mol. The number of thioether (sulfide) groups is 1. The number of aliphatic hydroxyl groups is 1. The molecule has 1 aromatic rings. The molecule has 2 fully saturated rings. The van der Waals surface area contributed by atoms with E-state index >= 15 is 0 Å². The molecule has 19 heavy (non-hydrogen) atoms. The van der Waals surface area contributed by atoms with Gasteiger partial charge in [-0.05, 0) is 13.3 Å². The third kappa shape index (κ3) is 1.72. The number of nitrogens with one attached hydrogen (secondary N) is 1. The van der Waals surface area contributed by atoms with Crippen LogP contribution in [0.5, 0.6) is 0 Å². The summed E-state index contributed by atoms with van der Waals surface area (Å²) in [5.41, 5.74) is -0.991. The van der Waals surface area contributed by atoms with Crippen LogP contribution in [0.3, 0.4) is 0 Å². The number of ether oxygens (including phenoxy) is 1. The Labute approximate surface area is 113 Å². The van der Waals surface area contributed by atoms with Crippen molar-refractivity contribution in [3.8, 4) is 0 Å². The molecule has 3 heterocycles. The van der Waals surface area contributed by atoms with Crippen molar-refractivity contribution in [2.24, 2.45) is 0 Å². The van der Waals surface area contributed by atoms with Gasteiger partial charge >= 0.3 is 5.69 Å². The van der Waals surface area contributed by atoms with Crippen molar-refractivity contribution in [2.75, 3.05) is 5.75 Å². The van der Waals surface area contributed by atoms with Crippen LogP contribution in [0.15, 0.2) is 15.8 Å². The standard InChI is InChI=1S/C12H16N2O4S/c1-3-12-5-19-7(8(12)15)10(18-12)14-4-6(2)9(16)13-11(14)17/h4,7-8,10,15H,3,5H2,1-2H3,(H,13,16,17)/t7-,8+,10-,12+/m1/s1. The molecule has 2 saturated heterocycles. The highest BCUT2D eigenvalue weighted by molar-refractivity contribution is 8.00. The Morgan fingerprint density at radius 3 is 3.00 bits per heavy atom. The fourth-order valence-corrected chi connectivity index (χ4v) is 4.45. The predicted octanol–water partition coefficient (Wildman–Crippen LogP) is -0.00108. The molecule has 2 aliphatic rings. The fraction of sp³-hybridized carbons (Fsp3) is 0.667. The molecule has 7 heteroatoms. The van der Waals surface area contributed by atoms with Gasteiger partial charge in [0.2, 0.25) is 0 Å². The highest BCUT2D eigenvalue weighted by atomic mass is 32.2. The number of aryl methyl sites for hydroxylation is 1. The number of aliphatic hydroxyl groups excluding tert-OH is 1. The molecule has 2 bridgehead atoms. The van der Waals surface area contributed by atoms with Crippen molar-refractivity contribution >= 4 is 11.8 Å². The molecule has 1 aromatic heterocycles. The fourth-order valence-electron chi connectivity index (χ4n) is 2.75. The summed E-state index contributed by atoms with van der Waals surface area (Å²) in [7, 11) is 0. The van der Waals surface area contributed by atoms with Gasteiger partial charge in [0.25, 0.3) is 5.56 Å². The van der Waals surface area contributed by atoms with Crippen LogP contribution in [0.2, 0.25) is 0 Å². The van der Waals surface area contributed by atoms with Crippen LogP contribution in [-0.4, -0.2) is 37.4 Å². The van der Waals surface area contributed by atoms with Crippen LogP contribution in [0.4, 0.5) is 0 Å². The molecule has 0 radical (unpaired) electrons. The van der Waals surface area contributed by atoms with Gasteiger partial charge in [-0.15, -0.1) is 11.8 Å². The van der Waals surface area contributed by atoms with Gasteiger partial charge in [-0.25, -0.2) is 4.79 Å². The van der Waals surface area contributed by atoms with Crippen LogP contribution in [-0.2, 0) is 4.74 Å². The van der Waals surface area contributed by atoms with E-state index in [1.807, 2.05) is 6.92 Å². The number of nitrogens with zero attached hydrogens (tertiary/aromatic N) is 1. The molecule has 0 spiro atoms. The van der Waals surface area contributed by atoms with E-state index in [0.29, 0.717) is 12.0 Å². The molecule has 4 atom stereocenters. The van der Waals surface area contributed by atoms with Crippen molar-refractivity contribution in [3.63, 3.8) is 0 Å². The van der Waals surface area contributed by atoms with Crippen LogP contribution >= 0.6 is 11.8 Å². The Morgan fingerprint density at radius 2 is 2.37 bits per heavy atom. The summed E-state index contributed by atoms with van der Waals surface area (Å²) in [6, 6.07) is 0. The largest absolute Gasteiger partial charge is 0.389 e. The number of rotatable bonds is 2. The number of aromatic amines is 1. The van der Waals surface area contributed by atoms with E-state index in [2.05, 4.69) is 4.98 Å². The summed E-state index contributed by atoms with van der Waals surface area (Å²) < 4.78 is 7.32. The smallest absolute Gasteiger partial charge is 0.330 e. The summed E-state index contributed by atoms with van der Waals surface area (Å²) in [6.07, 6.45) is 1.11. The van der Waals surface area contributed by atoms with E-state index in [4.69, 9.17) is 4.74 Å². The Kier molecular flexibility index (Phi) is 2.88. The molecule has 2 aliphatic heterocycles. The van der Waals surface area contributed by atoms with Crippen molar-refractivity contribution in [1.29, 1.82) is 0 Å². The molecule has 2 N–H and O–H groups in total. The number of fused-ring (bicyclic) bond motifs is 2. The maximum Gasteiger partial charge on any atom is 0.330 e. The first-order valence-electron chi connectivity index (χ1n) is 6.28. The Morgan fingerprint density at radius 1 is 1.63 bits per heavy atom. The minimum atomic E-state index is -0.577. The van der Waals surface area contributed by atoms with Crippen LogP contribution in [0.1, 0.15) is 25.1 Å². The molecular weight excluding hydrogens is 268 g/mol. The second kappa shape index (κ2) is 4.22. The van der Waals surface area contributed by atoms with E-state index in [9.17, 15) is 14.7 Å². The molecule has 104 valence electrons. The van der Waals surface area contributed by atoms with Crippen molar-refractivity contribution in [3.05, 3.63) is 32.6 Å². The number of hydrogen-bond acceptors (Lipinski definition) is 5. The minimum Gasteiger partial charge on any atom is -0.389 e. The Hall–Kier alpha value is -1.05. The zero-order chi connectivity index (χ0) is 13.8. The molecule has 0 saturated carbocycles. The lowest BCUT2D eigenvalue weighted by atomic mass is 9.96. The summed E-state index contributed by atoms with van der Waals surface area (Å²) in [4.78, 5) is 25.5. The summed E-state index contributed by atoms with van der Waals surface area (Å²) in [5, 5.41) is 10.1. The van der Waals surface area contributed by atoms with Gasteiger partial charge in [0.05, 0.1) is 5.25 Å². The third-order valence-corrected chi connectivity index (χ3v) is 5.56.